The number of aryl methyl sites for hydroxylation is 1. The smallest absolute Gasteiger partial charge is 0.321 e. The molecule has 0 bridgehead atoms. The highest BCUT2D eigenvalue weighted by molar-refractivity contribution is 5.95. The van der Waals surface area contributed by atoms with Crippen molar-refractivity contribution in [1.82, 2.24) is 19.1 Å². The maximum absolute atomic E-state index is 12.7. The Morgan fingerprint density at radius 1 is 1.06 bits per heavy atom. The monoisotopic (exact) mass is 476 g/mol. The second-order valence-electron chi connectivity index (χ2n) is 7.60. The Bertz CT molecular complexity index is 1650. The number of hydrogen-bond acceptors (Lipinski definition) is 5. The lowest BCUT2D eigenvalue weighted by Gasteiger charge is -2.09. The molecule has 0 saturated carbocycles. The molecule has 0 aliphatic carbocycles. The second-order valence-corrected chi connectivity index (χ2v) is 7.60. The zero-order valence-corrected chi connectivity index (χ0v) is 18.9. The van der Waals surface area contributed by atoms with Crippen molar-refractivity contribution in [2.75, 3.05) is 0 Å². The zero-order chi connectivity index (χ0) is 23.1. The number of rotatable bonds is 5. The van der Waals surface area contributed by atoms with E-state index in [2.05, 4.69) is 9.97 Å². The van der Waals surface area contributed by atoms with Crippen LogP contribution in [-0.4, -0.2) is 24.9 Å². The summed E-state index contributed by atoms with van der Waals surface area (Å²) in [4.78, 5) is 32.1. The molecular weight excluding hydrogens is 456 g/mol. The van der Waals surface area contributed by atoms with Crippen molar-refractivity contribution in [2.45, 2.75) is 6.61 Å². The average molecular weight is 477 g/mol. The molecule has 5 aromatic rings. The van der Waals surface area contributed by atoms with E-state index in [9.17, 15) is 9.59 Å². The topological polar surface area (TPSA) is 132 Å². The van der Waals surface area contributed by atoms with Gasteiger partial charge in [-0.1, -0.05) is 12.1 Å². The van der Waals surface area contributed by atoms with E-state index in [1.54, 1.807) is 54.6 Å². The first-order valence-corrected chi connectivity index (χ1v) is 10.2. The summed E-state index contributed by atoms with van der Waals surface area (Å²) in [6, 6.07) is 19.6. The number of nitrogens with zero attached hydrogens (tertiary/aromatic N) is 3. The van der Waals surface area contributed by atoms with Gasteiger partial charge in [0.05, 0.1) is 27.8 Å². The van der Waals surface area contributed by atoms with Crippen molar-refractivity contribution in [3.05, 3.63) is 98.8 Å². The number of halogens is 1. The van der Waals surface area contributed by atoms with Crippen LogP contribution in [0.1, 0.15) is 11.4 Å². The van der Waals surface area contributed by atoms with E-state index in [1.807, 2.05) is 23.7 Å². The fourth-order valence-corrected chi connectivity index (χ4v) is 3.80. The van der Waals surface area contributed by atoms with Crippen molar-refractivity contribution >= 4 is 40.3 Å². The molecule has 9 nitrogen and oxygen atoms in total. The molecule has 0 fully saturated rings. The normalized spacial score (nSPS) is 10.9. The number of fused-ring (bicyclic) bond motifs is 2. The number of imidazole rings is 1. The van der Waals surface area contributed by atoms with Crippen LogP contribution in [0, 0.1) is 5.41 Å². The van der Waals surface area contributed by atoms with E-state index >= 15 is 0 Å². The summed E-state index contributed by atoms with van der Waals surface area (Å²) >= 11 is 0. The van der Waals surface area contributed by atoms with Gasteiger partial charge in [-0.25, -0.2) is 4.98 Å². The number of nitrogens with one attached hydrogen (secondary N) is 2. The third kappa shape index (κ3) is 3.93. The number of ether oxygens (including phenoxy) is 1. The first-order valence-electron chi connectivity index (χ1n) is 10.2. The fraction of sp³-hybridized carbons (Fsp3) is 0.0833. The summed E-state index contributed by atoms with van der Waals surface area (Å²) in [6.07, 6.45) is 0. The summed E-state index contributed by atoms with van der Waals surface area (Å²) in [5.74, 6) is 1.33. The van der Waals surface area contributed by atoms with Gasteiger partial charge in [-0.15, -0.1) is 12.4 Å². The molecule has 2 aromatic heterocycles. The molecule has 3 aromatic carbocycles. The predicted octanol–water partition coefficient (Wildman–Crippen LogP) is 2.85. The van der Waals surface area contributed by atoms with Crippen LogP contribution >= 0.6 is 12.4 Å². The quantitative estimate of drug-likeness (QED) is 0.204. The molecule has 0 spiro atoms. The van der Waals surface area contributed by atoms with E-state index in [0.29, 0.717) is 39.4 Å². The number of nitrogen functional groups attached to an aromatic ring is 1. The number of para-hydroxylation sites is 2. The van der Waals surface area contributed by atoms with Crippen LogP contribution in [0.15, 0.2) is 76.3 Å². The van der Waals surface area contributed by atoms with Gasteiger partial charge in [0.15, 0.2) is 0 Å². The van der Waals surface area contributed by atoms with Crippen LogP contribution in [0.4, 0.5) is 0 Å². The molecule has 0 radical (unpaired) electrons. The van der Waals surface area contributed by atoms with Gasteiger partial charge in [0, 0.05) is 12.6 Å². The Labute approximate surface area is 199 Å². The molecule has 5 rings (SSSR count). The van der Waals surface area contributed by atoms with E-state index in [4.69, 9.17) is 15.9 Å². The van der Waals surface area contributed by atoms with Gasteiger partial charge in [-0.3, -0.25) is 19.6 Å². The van der Waals surface area contributed by atoms with Crippen LogP contribution in [-0.2, 0) is 13.7 Å². The van der Waals surface area contributed by atoms with Crippen molar-refractivity contribution in [1.29, 1.82) is 5.41 Å². The standard InChI is InChI=1S/C24H20N6O3.ClH/c1-29-19-11-8-15(30-20-5-3-2-4-17(20)28-23(31)24(30)32)12-18(19)27-21(29)13-33-16-9-6-14(7-10-16)22(25)26;/h2-12H,13H2,1H3,(H3,25,26)(H,28,31);1H. The molecule has 0 saturated heterocycles. The van der Waals surface area contributed by atoms with Gasteiger partial charge in [0.1, 0.15) is 24.0 Å². The minimum Gasteiger partial charge on any atom is -0.486 e. The van der Waals surface area contributed by atoms with Gasteiger partial charge >= 0.3 is 11.1 Å². The highest BCUT2D eigenvalue weighted by Gasteiger charge is 2.13. The van der Waals surface area contributed by atoms with Crippen molar-refractivity contribution in [2.24, 2.45) is 12.8 Å². The maximum atomic E-state index is 12.7. The molecule has 0 amide bonds. The average Bonchev–Trinajstić information content (AvgIpc) is 3.13. The fourth-order valence-electron chi connectivity index (χ4n) is 3.80. The van der Waals surface area contributed by atoms with Crippen LogP contribution in [0.5, 0.6) is 5.75 Å². The lowest BCUT2D eigenvalue weighted by atomic mass is 10.2. The van der Waals surface area contributed by atoms with Crippen LogP contribution < -0.4 is 21.6 Å². The summed E-state index contributed by atoms with van der Waals surface area (Å²) in [5.41, 5.74) is 8.06. The molecule has 4 N–H and O–H groups in total. The summed E-state index contributed by atoms with van der Waals surface area (Å²) < 4.78 is 9.17. The lowest BCUT2D eigenvalue weighted by molar-refractivity contribution is 0.292. The SMILES string of the molecule is Cl.Cn1c(COc2ccc(C(=N)N)cc2)nc2cc(-n3c(=O)c(=O)[nH]c4ccccc43)ccc21. The molecular formula is C24H21ClN6O3. The number of aromatic nitrogens is 4. The van der Waals surface area contributed by atoms with E-state index < -0.39 is 11.1 Å². The Morgan fingerprint density at radius 3 is 2.53 bits per heavy atom. The number of H-pyrrole nitrogens is 1. The van der Waals surface area contributed by atoms with Gasteiger partial charge in [-0.2, -0.15) is 0 Å². The van der Waals surface area contributed by atoms with Gasteiger partial charge in [0.2, 0.25) is 0 Å². The summed E-state index contributed by atoms with van der Waals surface area (Å²) in [7, 11) is 1.89. The molecule has 172 valence electrons. The van der Waals surface area contributed by atoms with Crippen LogP contribution in [0.3, 0.4) is 0 Å². The number of amidine groups is 1. The van der Waals surface area contributed by atoms with Crippen LogP contribution in [0.25, 0.3) is 27.8 Å². The minimum atomic E-state index is -0.681. The molecule has 0 atom stereocenters. The Balaban J connectivity index is 0.00000274. The number of hydrogen-bond donors (Lipinski definition) is 3. The third-order valence-electron chi connectivity index (χ3n) is 5.54. The number of nitrogens with two attached hydrogens (primary N) is 1. The summed E-state index contributed by atoms with van der Waals surface area (Å²) in [5, 5.41) is 7.46. The Morgan fingerprint density at radius 2 is 1.79 bits per heavy atom. The lowest BCUT2D eigenvalue weighted by Crippen LogP contribution is -2.35. The first kappa shape index (κ1) is 22.8. The highest BCUT2D eigenvalue weighted by Crippen LogP contribution is 2.22. The second kappa shape index (κ2) is 8.87. The molecule has 2 heterocycles. The largest absolute Gasteiger partial charge is 0.486 e. The Hall–Kier alpha value is -4.37. The maximum Gasteiger partial charge on any atom is 0.321 e. The van der Waals surface area contributed by atoms with Gasteiger partial charge in [0.25, 0.3) is 0 Å². The highest BCUT2D eigenvalue weighted by atomic mass is 35.5. The van der Waals surface area contributed by atoms with Gasteiger partial charge in [-0.05, 0) is 54.6 Å². The molecule has 0 unspecified atom stereocenters. The molecule has 0 aliphatic rings. The molecule has 0 aliphatic heterocycles. The van der Waals surface area contributed by atoms with Crippen LogP contribution in [0.2, 0.25) is 0 Å². The van der Waals surface area contributed by atoms with E-state index in [1.165, 1.54) is 4.57 Å². The van der Waals surface area contributed by atoms with Crippen molar-refractivity contribution in [3.8, 4) is 11.4 Å². The van der Waals surface area contributed by atoms with Crippen molar-refractivity contribution in [3.63, 3.8) is 0 Å². The first-order chi connectivity index (χ1) is 15.9. The van der Waals surface area contributed by atoms with Gasteiger partial charge < -0.3 is 20.0 Å². The van der Waals surface area contributed by atoms with E-state index in [-0.39, 0.29) is 24.8 Å². The molecule has 34 heavy (non-hydrogen) atoms. The predicted molar refractivity (Wildman–Crippen MR) is 133 cm³/mol. The Kier molecular flexibility index (Phi) is 5.95. The van der Waals surface area contributed by atoms with E-state index in [0.717, 1.165) is 5.52 Å². The number of benzene rings is 3. The minimum absolute atomic E-state index is 0. The molecule has 10 heteroatoms. The van der Waals surface area contributed by atoms with Crippen molar-refractivity contribution < 1.29 is 4.74 Å². The zero-order valence-electron chi connectivity index (χ0n) is 18.1. The summed E-state index contributed by atoms with van der Waals surface area (Å²) in [6.45, 7) is 0.230. The third-order valence-corrected chi connectivity index (χ3v) is 5.54. The number of aromatic amines is 1.